The Balaban J connectivity index is 2.53. The Morgan fingerprint density at radius 1 is 1.41 bits per heavy atom. The molecular weight excluding hydrogens is 232 g/mol. The number of nitrogens with zero attached hydrogens (tertiary/aromatic N) is 1. The van der Waals surface area contributed by atoms with Crippen LogP contribution in [0.15, 0.2) is 22.7 Å². The maximum absolute atomic E-state index is 13.7. The number of aromatic carboxylic acids is 1. The molecule has 1 heterocycles. The van der Waals surface area contributed by atoms with Crippen LogP contribution < -0.4 is 0 Å². The first-order chi connectivity index (χ1) is 8.00. The molecule has 0 fully saturated rings. The lowest BCUT2D eigenvalue weighted by molar-refractivity contribution is 0.0652. The van der Waals surface area contributed by atoms with Crippen molar-refractivity contribution in [2.45, 2.75) is 6.92 Å². The van der Waals surface area contributed by atoms with Crippen molar-refractivity contribution in [3.05, 3.63) is 41.2 Å². The predicted octanol–water partition coefficient (Wildman–Crippen LogP) is 2.63. The number of benzene rings is 1. The van der Waals surface area contributed by atoms with Gasteiger partial charge >= 0.3 is 5.97 Å². The number of hydrogen-bond acceptors (Lipinski definition) is 3. The van der Waals surface area contributed by atoms with Crippen LogP contribution in [0.4, 0.5) is 8.78 Å². The summed E-state index contributed by atoms with van der Waals surface area (Å²) in [6.07, 6.45) is 0. The van der Waals surface area contributed by atoms with Gasteiger partial charge in [0, 0.05) is 17.2 Å². The van der Waals surface area contributed by atoms with E-state index in [9.17, 15) is 13.6 Å². The third kappa shape index (κ3) is 1.89. The van der Waals surface area contributed by atoms with Crippen molar-refractivity contribution >= 4 is 5.97 Å². The molecule has 17 heavy (non-hydrogen) atoms. The van der Waals surface area contributed by atoms with Gasteiger partial charge in [-0.3, -0.25) is 0 Å². The van der Waals surface area contributed by atoms with Gasteiger partial charge in [-0.2, -0.15) is 0 Å². The SMILES string of the molecule is Cc1c(F)ccc(-c2cc(C(=O)O)on2)c1F. The fraction of sp³-hybridized carbons (Fsp3) is 0.0909. The molecule has 0 radical (unpaired) electrons. The summed E-state index contributed by atoms with van der Waals surface area (Å²) < 4.78 is 31.2. The van der Waals surface area contributed by atoms with E-state index < -0.39 is 23.4 Å². The number of carboxylic acid groups (broad SMARTS) is 1. The van der Waals surface area contributed by atoms with Crippen molar-refractivity contribution in [3.63, 3.8) is 0 Å². The molecule has 4 nitrogen and oxygen atoms in total. The molecule has 6 heteroatoms. The lowest BCUT2D eigenvalue weighted by Crippen LogP contribution is -1.93. The van der Waals surface area contributed by atoms with Crippen molar-refractivity contribution in [2.24, 2.45) is 0 Å². The van der Waals surface area contributed by atoms with Gasteiger partial charge in [-0.1, -0.05) is 5.16 Å². The van der Waals surface area contributed by atoms with Crippen LogP contribution in [-0.4, -0.2) is 16.2 Å². The molecule has 0 saturated heterocycles. The second-order valence-electron chi connectivity index (χ2n) is 3.42. The molecule has 0 aliphatic carbocycles. The van der Waals surface area contributed by atoms with Gasteiger partial charge in [-0.15, -0.1) is 0 Å². The second-order valence-corrected chi connectivity index (χ2v) is 3.42. The molecule has 88 valence electrons. The number of carboxylic acids is 1. The Kier molecular flexibility index (Phi) is 2.63. The van der Waals surface area contributed by atoms with Crippen LogP contribution >= 0.6 is 0 Å². The molecule has 0 atom stereocenters. The lowest BCUT2D eigenvalue weighted by Gasteiger charge is -2.02. The van der Waals surface area contributed by atoms with E-state index in [1.165, 1.54) is 13.0 Å². The van der Waals surface area contributed by atoms with E-state index in [-0.39, 0.29) is 16.8 Å². The van der Waals surface area contributed by atoms with E-state index in [2.05, 4.69) is 9.68 Å². The summed E-state index contributed by atoms with van der Waals surface area (Å²) in [5.74, 6) is -3.16. The molecule has 0 saturated carbocycles. The maximum atomic E-state index is 13.7. The lowest BCUT2D eigenvalue weighted by atomic mass is 10.1. The number of halogens is 2. The highest BCUT2D eigenvalue weighted by molar-refractivity contribution is 5.85. The summed E-state index contributed by atoms with van der Waals surface area (Å²) in [6, 6.07) is 3.35. The average Bonchev–Trinajstić information content (AvgIpc) is 2.75. The van der Waals surface area contributed by atoms with E-state index >= 15 is 0 Å². The van der Waals surface area contributed by atoms with Gasteiger partial charge in [-0.05, 0) is 19.1 Å². The molecule has 0 unspecified atom stereocenters. The third-order valence-electron chi connectivity index (χ3n) is 2.32. The molecular formula is C11H7F2NO3. The molecule has 1 aromatic heterocycles. The zero-order valence-electron chi connectivity index (χ0n) is 8.70. The third-order valence-corrected chi connectivity index (χ3v) is 2.32. The fourth-order valence-corrected chi connectivity index (χ4v) is 1.36. The van der Waals surface area contributed by atoms with E-state index in [1.807, 2.05) is 0 Å². The Morgan fingerprint density at radius 2 is 2.12 bits per heavy atom. The summed E-state index contributed by atoms with van der Waals surface area (Å²) in [7, 11) is 0. The maximum Gasteiger partial charge on any atom is 0.374 e. The average molecular weight is 239 g/mol. The first kappa shape index (κ1) is 11.3. The van der Waals surface area contributed by atoms with Crippen LogP contribution in [0.25, 0.3) is 11.3 Å². The standard InChI is InChI=1S/C11H7F2NO3/c1-5-7(12)3-2-6(10(5)13)8-4-9(11(15)16)17-14-8/h2-4H,1H3,(H,15,16). The summed E-state index contributed by atoms with van der Waals surface area (Å²) in [4.78, 5) is 10.6. The molecule has 0 spiro atoms. The molecule has 0 bridgehead atoms. The normalized spacial score (nSPS) is 10.5. The van der Waals surface area contributed by atoms with Gasteiger partial charge in [0.25, 0.3) is 0 Å². The van der Waals surface area contributed by atoms with Crippen LogP contribution in [0, 0.1) is 18.6 Å². The minimum absolute atomic E-state index is 0.000139. The topological polar surface area (TPSA) is 63.3 Å². The van der Waals surface area contributed by atoms with E-state index in [0.29, 0.717) is 0 Å². The monoisotopic (exact) mass is 239 g/mol. The first-order valence-electron chi connectivity index (χ1n) is 4.65. The summed E-state index contributed by atoms with van der Waals surface area (Å²) in [5.41, 5.74) is -0.134. The molecule has 0 amide bonds. The van der Waals surface area contributed by atoms with Gasteiger partial charge in [0.2, 0.25) is 5.76 Å². The van der Waals surface area contributed by atoms with Gasteiger partial charge in [0.05, 0.1) is 0 Å². The Morgan fingerprint density at radius 3 is 2.71 bits per heavy atom. The molecule has 0 aliphatic rings. The molecule has 0 aliphatic heterocycles. The largest absolute Gasteiger partial charge is 0.475 e. The quantitative estimate of drug-likeness (QED) is 0.874. The van der Waals surface area contributed by atoms with Crippen molar-refractivity contribution in [1.82, 2.24) is 5.16 Å². The number of carbonyl (C=O) groups is 1. The van der Waals surface area contributed by atoms with Crippen molar-refractivity contribution < 1.29 is 23.2 Å². The van der Waals surface area contributed by atoms with Gasteiger partial charge < -0.3 is 9.63 Å². The van der Waals surface area contributed by atoms with Crippen molar-refractivity contribution in [3.8, 4) is 11.3 Å². The van der Waals surface area contributed by atoms with Crippen LogP contribution in [0.3, 0.4) is 0 Å². The van der Waals surface area contributed by atoms with Gasteiger partial charge in [-0.25, -0.2) is 13.6 Å². The van der Waals surface area contributed by atoms with Crippen molar-refractivity contribution in [1.29, 1.82) is 0 Å². The summed E-state index contributed by atoms with van der Waals surface area (Å²) in [5, 5.41) is 12.0. The predicted molar refractivity (Wildman–Crippen MR) is 53.6 cm³/mol. The summed E-state index contributed by atoms with van der Waals surface area (Å²) >= 11 is 0. The zero-order chi connectivity index (χ0) is 12.6. The van der Waals surface area contributed by atoms with Crippen LogP contribution in [0.1, 0.15) is 16.1 Å². The summed E-state index contributed by atoms with van der Waals surface area (Å²) in [6.45, 7) is 1.28. The first-order valence-corrected chi connectivity index (χ1v) is 4.65. The molecule has 1 N–H and O–H groups in total. The highest BCUT2D eigenvalue weighted by Gasteiger charge is 2.17. The molecule has 2 rings (SSSR count). The Bertz CT molecular complexity index is 592. The smallest absolute Gasteiger partial charge is 0.374 e. The minimum atomic E-state index is -1.30. The number of rotatable bonds is 2. The van der Waals surface area contributed by atoms with E-state index in [1.54, 1.807) is 0 Å². The number of hydrogen-bond donors (Lipinski definition) is 1. The highest BCUT2D eigenvalue weighted by atomic mass is 19.1. The van der Waals surface area contributed by atoms with E-state index in [4.69, 9.17) is 5.11 Å². The second kappa shape index (κ2) is 3.97. The highest BCUT2D eigenvalue weighted by Crippen LogP contribution is 2.25. The van der Waals surface area contributed by atoms with Crippen molar-refractivity contribution in [2.75, 3.05) is 0 Å². The minimum Gasteiger partial charge on any atom is -0.475 e. The Hall–Kier alpha value is -2.24. The molecule has 2 aromatic rings. The van der Waals surface area contributed by atoms with Gasteiger partial charge in [0.15, 0.2) is 0 Å². The Labute approximate surface area is 94.5 Å². The van der Waals surface area contributed by atoms with E-state index in [0.717, 1.165) is 12.1 Å². The van der Waals surface area contributed by atoms with Crippen LogP contribution in [-0.2, 0) is 0 Å². The fourth-order valence-electron chi connectivity index (χ4n) is 1.36. The number of aromatic nitrogens is 1. The van der Waals surface area contributed by atoms with Gasteiger partial charge in [0.1, 0.15) is 17.3 Å². The molecule has 1 aromatic carbocycles. The van der Waals surface area contributed by atoms with Crippen LogP contribution in [0.2, 0.25) is 0 Å². The zero-order valence-corrected chi connectivity index (χ0v) is 8.70. The van der Waals surface area contributed by atoms with Crippen LogP contribution in [0.5, 0.6) is 0 Å².